The molecule has 1 saturated heterocycles. The molecular weight excluding hydrogens is 362 g/mol. The molecule has 5 nitrogen and oxygen atoms in total. The number of benzene rings is 2. The summed E-state index contributed by atoms with van der Waals surface area (Å²) in [4.78, 5) is 14.8. The molecule has 0 radical (unpaired) electrons. The minimum absolute atomic E-state index is 0.207. The van der Waals surface area contributed by atoms with Gasteiger partial charge in [-0.25, -0.2) is 5.43 Å². The zero-order valence-corrected chi connectivity index (χ0v) is 17.9. The normalized spacial score (nSPS) is 14.0. The molecule has 0 unspecified atom stereocenters. The Bertz CT molecular complexity index is 866. The first kappa shape index (κ1) is 20.9. The van der Waals surface area contributed by atoms with Crippen LogP contribution in [0.5, 0.6) is 5.75 Å². The summed E-state index contributed by atoms with van der Waals surface area (Å²) in [6.07, 6.45) is 4.17. The van der Waals surface area contributed by atoms with Crippen LogP contribution in [0.25, 0.3) is 0 Å². The molecular formula is C24H31N3O2. The molecule has 29 heavy (non-hydrogen) atoms. The highest BCUT2D eigenvalue weighted by molar-refractivity contribution is 5.95. The molecule has 2 aromatic rings. The average Bonchev–Trinajstić information content (AvgIpc) is 3.24. The van der Waals surface area contributed by atoms with Crippen LogP contribution in [-0.2, 0) is 0 Å². The molecule has 0 saturated carbocycles. The molecule has 1 N–H and O–H groups in total. The van der Waals surface area contributed by atoms with E-state index in [9.17, 15) is 4.79 Å². The SMILES string of the molecule is CCOc1cc(C)c(/C=N\NC(=O)c2ccc(N3CCCC3)cc2)cc1C(C)C. The lowest BCUT2D eigenvalue weighted by Gasteiger charge is -2.17. The Morgan fingerprint density at radius 3 is 2.52 bits per heavy atom. The number of carbonyl (C=O) groups excluding carboxylic acids is 1. The molecule has 3 rings (SSSR count). The summed E-state index contributed by atoms with van der Waals surface area (Å²) in [5.74, 6) is 1.05. The van der Waals surface area contributed by atoms with Gasteiger partial charge in [0.25, 0.3) is 5.91 Å². The number of nitrogens with one attached hydrogen (secondary N) is 1. The minimum atomic E-state index is -0.207. The van der Waals surface area contributed by atoms with Gasteiger partial charge < -0.3 is 9.64 Å². The van der Waals surface area contributed by atoms with Crippen molar-refractivity contribution < 1.29 is 9.53 Å². The summed E-state index contributed by atoms with van der Waals surface area (Å²) in [6, 6.07) is 11.9. The van der Waals surface area contributed by atoms with Gasteiger partial charge in [0.05, 0.1) is 12.8 Å². The van der Waals surface area contributed by atoms with E-state index in [1.165, 1.54) is 18.5 Å². The van der Waals surface area contributed by atoms with Gasteiger partial charge >= 0.3 is 0 Å². The molecule has 1 amide bonds. The Labute approximate surface area is 173 Å². The number of hydrogen-bond donors (Lipinski definition) is 1. The van der Waals surface area contributed by atoms with Gasteiger partial charge in [-0.1, -0.05) is 13.8 Å². The van der Waals surface area contributed by atoms with E-state index in [4.69, 9.17) is 4.74 Å². The molecule has 0 bridgehead atoms. The van der Waals surface area contributed by atoms with Gasteiger partial charge in [-0.3, -0.25) is 4.79 Å². The van der Waals surface area contributed by atoms with Gasteiger partial charge in [0.15, 0.2) is 0 Å². The Hall–Kier alpha value is -2.82. The number of ether oxygens (including phenoxy) is 1. The molecule has 5 heteroatoms. The summed E-state index contributed by atoms with van der Waals surface area (Å²) < 4.78 is 5.76. The van der Waals surface area contributed by atoms with Crippen LogP contribution in [0.3, 0.4) is 0 Å². The van der Waals surface area contributed by atoms with Gasteiger partial charge in [0.2, 0.25) is 0 Å². The monoisotopic (exact) mass is 393 g/mol. The van der Waals surface area contributed by atoms with Crippen molar-refractivity contribution in [2.45, 2.75) is 46.5 Å². The highest BCUT2D eigenvalue weighted by Gasteiger charge is 2.13. The summed E-state index contributed by atoms with van der Waals surface area (Å²) in [5, 5.41) is 4.18. The van der Waals surface area contributed by atoms with Crippen LogP contribution in [0.1, 0.15) is 66.6 Å². The Morgan fingerprint density at radius 1 is 1.21 bits per heavy atom. The van der Waals surface area contributed by atoms with E-state index >= 15 is 0 Å². The third kappa shape index (κ3) is 5.17. The maximum atomic E-state index is 12.4. The van der Waals surface area contributed by atoms with Crippen molar-refractivity contribution in [3.8, 4) is 5.75 Å². The highest BCUT2D eigenvalue weighted by Crippen LogP contribution is 2.29. The molecule has 0 atom stereocenters. The molecule has 1 fully saturated rings. The lowest BCUT2D eigenvalue weighted by molar-refractivity contribution is 0.0955. The lowest BCUT2D eigenvalue weighted by Crippen LogP contribution is -2.19. The van der Waals surface area contributed by atoms with Crippen molar-refractivity contribution in [1.82, 2.24) is 5.43 Å². The maximum absolute atomic E-state index is 12.4. The van der Waals surface area contributed by atoms with E-state index in [1.807, 2.05) is 44.2 Å². The first-order valence-electron chi connectivity index (χ1n) is 10.5. The lowest BCUT2D eigenvalue weighted by atomic mass is 9.97. The number of aryl methyl sites for hydroxylation is 1. The van der Waals surface area contributed by atoms with Crippen LogP contribution >= 0.6 is 0 Å². The van der Waals surface area contributed by atoms with Crippen LogP contribution < -0.4 is 15.1 Å². The van der Waals surface area contributed by atoms with Gasteiger partial charge in [0.1, 0.15) is 5.75 Å². The van der Waals surface area contributed by atoms with Crippen LogP contribution in [-0.4, -0.2) is 31.8 Å². The third-order valence-corrected chi connectivity index (χ3v) is 5.29. The van der Waals surface area contributed by atoms with E-state index in [-0.39, 0.29) is 5.91 Å². The number of anilines is 1. The molecule has 1 aliphatic heterocycles. The van der Waals surface area contributed by atoms with Gasteiger partial charge in [-0.2, -0.15) is 5.10 Å². The highest BCUT2D eigenvalue weighted by atomic mass is 16.5. The molecule has 0 spiro atoms. The summed E-state index contributed by atoms with van der Waals surface area (Å²) in [5.41, 5.74) is 7.60. The first-order chi connectivity index (χ1) is 14.0. The molecule has 2 aromatic carbocycles. The van der Waals surface area contributed by atoms with Crippen molar-refractivity contribution in [2.75, 3.05) is 24.6 Å². The van der Waals surface area contributed by atoms with Crippen LogP contribution in [0.15, 0.2) is 41.5 Å². The topological polar surface area (TPSA) is 53.9 Å². The van der Waals surface area contributed by atoms with Crippen molar-refractivity contribution in [1.29, 1.82) is 0 Å². The van der Waals surface area contributed by atoms with Crippen molar-refractivity contribution in [2.24, 2.45) is 5.10 Å². The number of hydrogen-bond acceptors (Lipinski definition) is 4. The van der Waals surface area contributed by atoms with E-state index < -0.39 is 0 Å². The van der Waals surface area contributed by atoms with Crippen LogP contribution in [0.2, 0.25) is 0 Å². The first-order valence-corrected chi connectivity index (χ1v) is 10.5. The van der Waals surface area contributed by atoms with E-state index in [0.29, 0.717) is 18.1 Å². The average molecular weight is 394 g/mol. The van der Waals surface area contributed by atoms with Crippen molar-refractivity contribution in [3.05, 3.63) is 58.7 Å². The zero-order chi connectivity index (χ0) is 20.8. The smallest absolute Gasteiger partial charge is 0.271 e. The Kier molecular flexibility index (Phi) is 6.91. The third-order valence-electron chi connectivity index (χ3n) is 5.29. The van der Waals surface area contributed by atoms with Gasteiger partial charge in [-0.05, 0) is 85.7 Å². The van der Waals surface area contributed by atoms with E-state index in [0.717, 1.165) is 35.5 Å². The fourth-order valence-corrected chi connectivity index (χ4v) is 3.61. The van der Waals surface area contributed by atoms with Crippen LogP contribution in [0, 0.1) is 6.92 Å². The van der Waals surface area contributed by atoms with Crippen molar-refractivity contribution in [3.63, 3.8) is 0 Å². The minimum Gasteiger partial charge on any atom is -0.494 e. The fraction of sp³-hybridized carbons (Fsp3) is 0.417. The largest absolute Gasteiger partial charge is 0.494 e. The predicted octanol–water partition coefficient (Wildman–Crippen LogP) is 4.88. The number of rotatable bonds is 7. The summed E-state index contributed by atoms with van der Waals surface area (Å²) >= 11 is 0. The van der Waals surface area contributed by atoms with Crippen molar-refractivity contribution >= 4 is 17.8 Å². The fourth-order valence-electron chi connectivity index (χ4n) is 3.61. The van der Waals surface area contributed by atoms with Crippen LogP contribution in [0.4, 0.5) is 5.69 Å². The number of hydrazone groups is 1. The number of carbonyl (C=O) groups is 1. The van der Waals surface area contributed by atoms with E-state index in [1.54, 1.807) is 6.21 Å². The Balaban J connectivity index is 1.67. The predicted molar refractivity (Wildman–Crippen MR) is 119 cm³/mol. The van der Waals surface area contributed by atoms with Gasteiger partial charge in [-0.15, -0.1) is 0 Å². The summed E-state index contributed by atoms with van der Waals surface area (Å²) in [6.45, 7) is 11.1. The molecule has 0 aliphatic carbocycles. The molecule has 154 valence electrons. The molecule has 0 aromatic heterocycles. The second-order valence-electron chi connectivity index (χ2n) is 7.77. The van der Waals surface area contributed by atoms with Gasteiger partial charge in [0, 0.05) is 24.3 Å². The number of amides is 1. The second-order valence-corrected chi connectivity index (χ2v) is 7.77. The zero-order valence-electron chi connectivity index (χ0n) is 17.9. The number of nitrogens with zero attached hydrogens (tertiary/aromatic N) is 2. The quantitative estimate of drug-likeness (QED) is 0.539. The Morgan fingerprint density at radius 2 is 1.90 bits per heavy atom. The standard InChI is InChI=1S/C24H31N3O2/c1-5-29-23-14-18(4)20(15-22(23)17(2)3)16-25-26-24(28)19-8-10-21(11-9-19)27-12-6-7-13-27/h8-11,14-17H,5-7,12-13H2,1-4H3,(H,26,28)/b25-16-. The second kappa shape index (κ2) is 9.59. The summed E-state index contributed by atoms with van der Waals surface area (Å²) in [7, 11) is 0. The molecule has 1 aliphatic rings. The molecule has 1 heterocycles. The maximum Gasteiger partial charge on any atom is 0.271 e. The van der Waals surface area contributed by atoms with E-state index in [2.05, 4.69) is 35.3 Å².